The van der Waals surface area contributed by atoms with Gasteiger partial charge in [0, 0.05) is 14.1 Å². The Morgan fingerprint density at radius 3 is 1.88 bits per heavy atom. The Hall–Kier alpha value is 0.0500. The summed E-state index contributed by atoms with van der Waals surface area (Å²) in [6.45, 7) is 0. The van der Waals surface area contributed by atoms with Crippen molar-refractivity contribution in [3.8, 4) is 0 Å². The highest BCUT2D eigenvalue weighted by Gasteiger charge is 2.06. The van der Waals surface area contributed by atoms with Gasteiger partial charge in [-0.1, -0.05) is 23.2 Å². The molecule has 8 heavy (non-hydrogen) atoms. The number of hydrogen-bond donors (Lipinski definition) is 1. The molecule has 0 aliphatic rings. The van der Waals surface area contributed by atoms with Crippen LogP contribution in [-0.4, -0.2) is 29.7 Å². The summed E-state index contributed by atoms with van der Waals surface area (Å²) in [4.78, 5) is 0.856. The van der Waals surface area contributed by atoms with Gasteiger partial charge in [-0.15, -0.1) is 0 Å². The van der Waals surface area contributed by atoms with E-state index < -0.39 is 4.84 Å². The maximum absolute atomic E-state index is 7.06. The fourth-order valence-corrected chi connectivity index (χ4v) is 0.586. The zero-order chi connectivity index (χ0) is 6.73. The van der Waals surface area contributed by atoms with Crippen LogP contribution in [0.3, 0.4) is 0 Å². The third-order valence-electron chi connectivity index (χ3n) is 0.689. The van der Waals surface area contributed by atoms with Crippen LogP contribution in [0.25, 0.3) is 0 Å². The predicted molar refractivity (Wildman–Crippen MR) is 36.9 cm³/mol. The highest BCUT2D eigenvalue weighted by molar-refractivity contribution is 6.53. The van der Waals surface area contributed by atoms with E-state index in [1.54, 1.807) is 19.0 Å². The minimum absolute atomic E-state index is 0.216. The molecule has 48 valence electrons. The molecule has 0 rings (SSSR count). The average molecular weight is 155 g/mol. The third kappa shape index (κ3) is 2.38. The van der Waals surface area contributed by atoms with Crippen molar-refractivity contribution in [2.24, 2.45) is 0 Å². The van der Waals surface area contributed by atoms with Gasteiger partial charge >= 0.3 is 0 Å². The lowest BCUT2D eigenvalue weighted by atomic mass is 10.6. The topological polar surface area (TPSA) is 27.1 Å². The Morgan fingerprint density at radius 2 is 1.88 bits per heavy atom. The Morgan fingerprint density at radius 1 is 1.50 bits per heavy atom. The Balaban J connectivity index is 3.65. The zero-order valence-electron chi connectivity index (χ0n) is 4.78. The summed E-state index contributed by atoms with van der Waals surface area (Å²) in [7, 11) is 3.44. The molecule has 0 fully saturated rings. The van der Waals surface area contributed by atoms with Crippen LogP contribution in [0.15, 0.2) is 0 Å². The van der Waals surface area contributed by atoms with Gasteiger partial charge in [-0.3, -0.25) is 5.41 Å². The number of nitrogens with zero attached hydrogens (tertiary/aromatic N) is 1. The van der Waals surface area contributed by atoms with Gasteiger partial charge in [0.05, 0.1) is 0 Å². The minimum Gasteiger partial charge on any atom is -0.364 e. The Labute approximate surface area is 58.9 Å². The molecule has 0 aliphatic carbocycles. The van der Waals surface area contributed by atoms with Crippen LogP contribution in [0.4, 0.5) is 0 Å². The van der Waals surface area contributed by atoms with Gasteiger partial charge in [0.2, 0.25) is 0 Å². The standard InChI is InChI=1S/C4H8Cl2N2/c1-8(2)4(7)3(5)6/h3,7H,1-2H3. The van der Waals surface area contributed by atoms with Crippen molar-refractivity contribution in [2.75, 3.05) is 14.1 Å². The molecule has 0 aromatic heterocycles. The third-order valence-corrected chi connectivity index (χ3v) is 1.10. The highest BCUT2D eigenvalue weighted by atomic mass is 35.5. The van der Waals surface area contributed by atoms with Gasteiger partial charge in [0.15, 0.2) is 4.84 Å². The van der Waals surface area contributed by atoms with Crippen molar-refractivity contribution < 1.29 is 0 Å². The number of rotatable bonds is 1. The molecule has 0 aromatic carbocycles. The summed E-state index contributed by atoms with van der Waals surface area (Å²) < 4.78 is 0. The second-order valence-electron chi connectivity index (χ2n) is 1.58. The summed E-state index contributed by atoms with van der Waals surface area (Å²) in [6.07, 6.45) is 0. The van der Waals surface area contributed by atoms with E-state index >= 15 is 0 Å². The van der Waals surface area contributed by atoms with Crippen LogP contribution in [0.2, 0.25) is 0 Å². The predicted octanol–water partition coefficient (Wildman–Crippen LogP) is 1.33. The van der Waals surface area contributed by atoms with Crippen LogP contribution >= 0.6 is 23.2 Å². The molecule has 0 bridgehead atoms. The number of amidine groups is 1. The smallest absolute Gasteiger partial charge is 0.164 e. The molecule has 0 atom stereocenters. The van der Waals surface area contributed by atoms with E-state index in [2.05, 4.69) is 0 Å². The van der Waals surface area contributed by atoms with Gasteiger partial charge in [0.25, 0.3) is 0 Å². The first-order valence-electron chi connectivity index (χ1n) is 2.09. The van der Waals surface area contributed by atoms with Crippen molar-refractivity contribution in [1.82, 2.24) is 4.90 Å². The molecule has 0 radical (unpaired) electrons. The molecular weight excluding hydrogens is 147 g/mol. The first-order valence-corrected chi connectivity index (χ1v) is 2.97. The van der Waals surface area contributed by atoms with E-state index in [0.717, 1.165) is 0 Å². The van der Waals surface area contributed by atoms with Gasteiger partial charge in [-0.2, -0.15) is 0 Å². The summed E-state index contributed by atoms with van der Waals surface area (Å²) in [5.41, 5.74) is 0. The van der Waals surface area contributed by atoms with Gasteiger partial charge < -0.3 is 4.90 Å². The molecule has 0 amide bonds. The quantitative estimate of drug-likeness (QED) is 0.345. The molecule has 1 N–H and O–H groups in total. The van der Waals surface area contributed by atoms with E-state index in [1.807, 2.05) is 0 Å². The maximum atomic E-state index is 7.06. The van der Waals surface area contributed by atoms with Crippen molar-refractivity contribution in [2.45, 2.75) is 4.84 Å². The summed E-state index contributed by atoms with van der Waals surface area (Å²) >= 11 is 10.6. The first-order chi connectivity index (χ1) is 3.55. The molecule has 0 aliphatic heterocycles. The number of halogens is 2. The monoisotopic (exact) mass is 154 g/mol. The Kier molecular flexibility index (Phi) is 3.17. The maximum Gasteiger partial charge on any atom is 0.164 e. The SMILES string of the molecule is CN(C)C(=N)C(Cl)Cl. The van der Waals surface area contributed by atoms with Crippen LogP contribution in [0.1, 0.15) is 0 Å². The molecule has 0 heterocycles. The molecular formula is C4H8Cl2N2. The Bertz CT molecular complexity index is 80.0. The molecule has 0 aromatic rings. The van der Waals surface area contributed by atoms with Crippen LogP contribution in [0.5, 0.6) is 0 Å². The fourth-order valence-electron chi connectivity index (χ4n) is 0.195. The van der Waals surface area contributed by atoms with Crippen LogP contribution in [-0.2, 0) is 0 Å². The summed E-state index contributed by atoms with van der Waals surface area (Å²) in [5.74, 6) is 0.216. The van der Waals surface area contributed by atoms with E-state index in [-0.39, 0.29) is 5.84 Å². The van der Waals surface area contributed by atoms with Crippen molar-refractivity contribution in [3.63, 3.8) is 0 Å². The lowest BCUT2D eigenvalue weighted by Crippen LogP contribution is -2.26. The molecule has 0 spiro atoms. The first kappa shape index (κ1) is 8.05. The van der Waals surface area contributed by atoms with Crippen molar-refractivity contribution >= 4 is 29.0 Å². The number of alkyl halides is 2. The summed E-state index contributed by atoms with van der Waals surface area (Å²) in [5, 5.41) is 7.06. The highest BCUT2D eigenvalue weighted by Crippen LogP contribution is 2.03. The normalized spacial score (nSPS) is 9.62. The van der Waals surface area contributed by atoms with E-state index in [1.165, 1.54) is 0 Å². The lowest BCUT2D eigenvalue weighted by Gasteiger charge is -2.12. The van der Waals surface area contributed by atoms with Gasteiger partial charge in [-0.25, -0.2) is 0 Å². The second kappa shape index (κ2) is 3.15. The second-order valence-corrected chi connectivity index (χ2v) is 2.68. The lowest BCUT2D eigenvalue weighted by molar-refractivity contribution is 0.611. The van der Waals surface area contributed by atoms with E-state index in [4.69, 9.17) is 28.6 Å². The van der Waals surface area contributed by atoms with Crippen molar-refractivity contribution in [3.05, 3.63) is 0 Å². The fraction of sp³-hybridized carbons (Fsp3) is 0.750. The summed E-state index contributed by atoms with van der Waals surface area (Å²) in [6, 6.07) is 0. The molecule has 0 saturated carbocycles. The molecule has 0 unspecified atom stereocenters. The van der Waals surface area contributed by atoms with E-state index in [9.17, 15) is 0 Å². The van der Waals surface area contributed by atoms with Crippen molar-refractivity contribution in [1.29, 1.82) is 5.41 Å². The minimum atomic E-state index is -0.704. The van der Waals surface area contributed by atoms with Crippen LogP contribution in [0, 0.1) is 5.41 Å². The molecule has 2 nitrogen and oxygen atoms in total. The van der Waals surface area contributed by atoms with Gasteiger partial charge in [-0.05, 0) is 0 Å². The van der Waals surface area contributed by atoms with E-state index in [0.29, 0.717) is 0 Å². The average Bonchev–Trinajstić information content (AvgIpc) is 1.64. The zero-order valence-corrected chi connectivity index (χ0v) is 6.29. The van der Waals surface area contributed by atoms with Crippen LogP contribution < -0.4 is 0 Å². The number of nitrogens with one attached hydrogen (secondary N) is 1. The molecule has 0 saturated heterocycles. The largest absolute Gasteiger partial charge is 0.364 e. The molecule has 4 heteroatoms. The van der Waals surface area contributed by atoms with Gasteiger partial charge in [0.1, 0.15) is 5.84 Å². The number of hydrogen-bond acceptors (Lipinski definition) is 1.